The summed E-state index contributed by atoms with van der Waals surface area (Å²) in [5.41, 5.74) is 3.72. The number of carbonyl (C=O) groups is 1. The van der Waals surface area contributed by atoms with Crippen LogP contribution in [0.15, 0.2) is 54.7 Å². The third kappa shape index (κ3) is 3.69. The number of rotatable bonds is 6. The van der Waals surface area contributed by atoms with Crippen molar-refractivity contribution in [1.82, 2.24) is 9.47 Å². The lowest BCUT2D eigenvalue weighted by Crippen LogP contribution is -2.35. The van der Waals surface area contributed by atoms with E-state index in [2.05, 4.69) is 29.0 Å². The molecule has 0 saturated carbocycles. The minimum atomic E-state index is 0.0215. The second-order valence-electron chi connectivity index (χ2n) is 6.82. The average Bonchev–Trinajstić information content (AvgIpc) is 2.95. The van der Waals surface area contributed by atoms with Crippen molar-refractivity contribution in [3.05, 3.63) is 65.9 Å². The molecule has 1 amide bonds. The minimum absolute atomic E-state index is 0.0215. The number of methoxy groups -OCH3 is 1. The zero-order valence-corrected chi connectivity index (χ0v) is 15.6. The molecule has 0 unspecified atom stereocenters. The summed E-state index contributed by atoms with van der Waals surface area (Å²) in [5, 5.41) is 1.29. The minimum Gasteiger partial charge on any atom is -0.484 e. The van der Waals surface area contributed by atoms with E-state index in [0.29, 0.717) is 19.7 Å². The summed E-state index contributed by atoms with van der Waals surface area (Å²) < 4.78 is 13.1. The van der Waals surface area contributed by atoms with Gasteiger partial charge in [0.1, 0.15) is 5.75 Å². The van der Waals surface area contributed by atoms with Crippen molar-refractivity contribution in [2.75, 3.05) is 26.9 Å². The van der Waals surface area contributed by atoms with Gasteiger partial charge in [0, 0.05) is 43.8 Å². The number of amides is 1. The van der Waals surface area contributed by atoms with Crippen molar-refractivity contribution < 1.29 is 14.3 Å². The van der Waals surface area contributed by atoms with Crippen LogP contribution in [0.25, 0.3) is 10.9 Å². The van der Waals surface area contributed by atoms with Gasteiger partial charge in [0.2, 0.25) is 0 Å². The van der Waals surface area contributed by atoms with Crippen LogP contribution in [0.2, 0.25) is 0 Å². The van der Waals surface area contributed by atoms with Gasteiger partial charge in [-0.3, -0.25) is 4.79 Å². The molecular formula is C22H24N2O3. The second-order valence-corrected chi connectivity index (χ2v) is 6.82. The number of hydrogen-bond donors (Lipinski definition) is 0. The number of hydrogen-bond acceptors (Lipinski definition) is 3. The molecule has 0 aliphatic carbocycles. The van der Waals surface area contributed by atoms with E-state index in [1.165, 1.54) is 22.0 Å². The lowest BCUT2D eigenvalue weighted by atomic mass is 10.1. The van der Waals surface area contributed by atoms with Crippen molar-refractivity contribution >= 4 is 16.8 Å². The van der Waals surface area contributed by atoms with Crippen molar-refractivity contribution in [3.8, 4) is 5.75 Å². The van der Waals surface area contributed by atoms with Gasteiger partial charge in [-0.05, 0) is 35.7 Å². The first-order chi connectivity index (χ1) is 13.3. The molecule has 0 spiro atoms. The average molecular weight is 364 g/mol. The Hall–Kier alpha value is -2.79. The van der Waals surface area contributed by atoms with Crippen LogP contribution in [0, 0.1) is 0 Å². The van der Waals surface area contributed by atoms with E-state index in [9.17, 15) is 4.79 Å². The highest BCUT2D eigenvalue weighted by atomic mass is 16.5. The van der Waals surface area contributed by atoms with Crippen molar-refractivity contribution in [3.63, 3.8) is 0 Å². The molecular weight excluding hydrogens is 340 g/mol. The number of ether oxygens (including phenoxy) is 2. The Morgan fingerprint density at radius 1 is 1.07 bits per heavy atom. The molecule has 140 valence electrons. The van der Waals surface area contributed by atoms with E-state index in [0.717, 1.165) is 18.7 Å². The van der Waals surface area contributed by atoms with Crippen LogP contribution in [0.3, 0.4) is 0 Å². The molecule has 5 heteroatoms. The van der Waals surface area contributed by atoms with E-state index in [-0.39, 0.29) is 12.5 Å². The van der Waals surface area contributed by atoms with E-state index >= 15 is 0 Å². The number of benzene rings is 2. The number of carbonyl (C=O) groups excluding carboxylic acids is 1. The highest BCUT2D eigenvalue weighted by Crippen LogP contribution is 2.29. The van der Waals surface area contributed by atoms with Crippen LogP contribution >= 0.6 is 0 Å². The lowest BCUT2D eigenvalue weighted by molar-refractivity contribution is -0.133. The summed E-state index contributed by atoms with van der Waals surface area (Å²) in [6.07, 6.45) is 3.06. The molecule has 4 rings (SSSR count). The van der Waals surface area contributed by atoms with E-state index < -0.39 is 0 Å². The van der Waals surface area contributed by atoms with Gasteiger partial charge in [-0.15, -0.1) is 0 Å². The summed E-state index contributed by atoms with van der Waals surface area (Å²) in [5.74, 6) is 0.743. The van der Waals surface area contributed by atoms with Gasteiger partial charge in [-0.2, -0.15) is 0 Å². The molecule has 0 N–H and O–H groups in total. The largest absolute Gasteiger partial charge is 0.484 e. The van der Waals surface area contributed by atoms with Crippen LogP contribution in [0.1, 0.15) is 11.1 Å². The van der Waals surface area contributed by atoms with Gasteiger partial charge in [0.15, 0.2) is 6.61 Å². The topological polar surface area (TPSA) is 43.7 Å². The first-order valence-corrected chi connectivity index (χ1v) is 9.30. The third-order valence-corrected chi connectivity index (χ3v) is 5.08. The molecule has 0 radical (unpaired) electrons. The van der Waals surface area contributed by atoms with Crippen LogP contribution in [-0.2, 0) is 29.0 Å². The predicted molar refractivity (Wildman–Crippen MR) is 105 cm³/mol. The van der Waals surface area contributed by atoms with Gasteiger partial charge < -0.3 is 18.9 Å². The molecule has 0 bridgehead atoms. The molecule has 1 aromatic heterocycles. The monoisotopic (exact) mass is 364 g/mol. The Bertz CT molecular complexity index is 933. The molecule has 2 aromatic carbocycles. The van der Waals surface area contributed by atoms with Gasteiger partial charge in [0.25, 0.3) is 5.91 Å². The fourth-order valence-electron chi connectivity index (χ4n) is 3.72. The van der Waals surface area contributed by atoms with E-state index in [1.807, 2.05) is 35.2 Å². The van der Waals surface area contributed by atoms with Crippen molar-refractivity contribution in [2.24, 2.45) is 0 Å². The molecule has 2 heterocycles. The Labute approximate surface area is 159 Å². The predicted octanol–water partition coefficient (Wildman–Crippen LogP) is 3.25. The highest BCUT2D eigenvalue weighted by molar-refractivity contribution is 5.88. The zero-order valence-electron chi connectivity index (χ0n) is 15.6. The van der Waals surface area contributed by atoms with Crippen molar-refractivity contribution in [2.45, 2.75) is 19.5 Å². The van der Waals surface area contributed by atoms with Crippen LogP contribution in [0.5, 0.6) is 5.75 Å². The first kappa shape index (κ1) is 17.6. The van der Waals surface area contributed by atoms with Crippen LogP contribution < -0.4 is 4.74 Å². The lowest BCUT2D eigenvalue weighted by Gasteiger charge is -2.21. The van der Waals surface area contributed by atoms with Gasteiger partial charge in [-0.1, -0.05) is 30.3 Å². The molecule has 1 aliphatic heterocycles. The molecule has 0 fully saturated rings. The van der Waals surface area contributed by atoms with Gasteiger partial charge in [-0.25, -0.2) is 0 Å². The fourth-order valence-corrected chi connectivity index (χ4v) is 3.72. The second kappa shape index (κ2) is 7.84. The summed E-state index contributed by atoms with van der Waals surface area (Å²) in [6, 6.07) is 15.8. The summed E-state index contributed by atoms with van der Waals surface area (Å²) in [6.45, 7) is 2.92. The Kier molecular flexibility index (Phi) is 5.12. The third-order valence-electron chi connectivity index (χ3n) is 5.08. The standard InChI is InChI=1S/C22H24N2O3/c1-26-13-12-23-14-18-10-11-24(15-17-6-5-9-20(23)22(17)18)21(25)16-27-19-7-3-2-4-8-19/h2-9,14H,10-13,15-16H2,1H3. The maximum atomic E-state index is 12.7. The molecule has 5 nitrogen and oxygen atoms in total. The number of para-hydroxylation sites is 1. The van der Waals surface area contributed by atoms with Crippen molar-refractivity contribution in [1.29, 1.82) is 0 Å². The Balaban J connectivity index is 1.51. The number of nitrogens with zero attached hydrogens (tertiary/aromatic N) is 2. The quantitative estimate of drug-likeness (QED) is 0.674. The highest BCUT2D eigenvalue weighted by Gasteiger charge is 2.22. The van der Waals surface area contributed by atoms with Gasteiger partial charge >= 0.3 is 0 Å². The zero-order chi connectivity index (χ0) is 18.6. The summed E-state index contributed by atoms with van der Waals surface area (Å²) in [7, 11) is 1.72. The fraction of sp³-hybridized carbons (Fsp3) is 0.318. The molecule has 1 aliphatic rings. The maximum Gasteiger partial charge on any atom is 0.260 e. The SMILES string of the molecule is COCCn1cc2c3c(cccc31)CN(C(=O)COc1ccccc1)CC2. The maximum absolute atomic E-state index is 12.7. The van der Waals surface area contributed by atoms with Crippen LogP contribution in [-0.4, -0.2) is 42.2 Å². The molecule has 0 saturated heterocycles. The van der Waals surface area contributed by atoms with E-state index in [4.69, 9.17) is 9.47 Å². The molecule has 0 atom stereocenters. The Morgan fingerprint density at radius 3 is 2.74 bits per heavy atom. The molecule has 3 aromatic rings. The molecule has 27 heavy (non-hydrogen) atoms. The summed E-state index contributed by atoms with van der Waals surface area (Å²) >= 11 is 0. The van der Waals surface area contributed by atoms with Gasteiger partial charge in [0.05, 0.1) is 6.61 Å². The van der Waals surface area contributed by atoms with Crippen LogP contribution in [0.4, 0.5) is 0 Å². The Morgan fingerprint density at radius 2 is 1.93 bits per heavy atom. The number of aromatic nitrogens is 1. The first-order valence-electron chi connectivity index (χ1n) is 9.30. The normalized spacial score (nSPS) is 13.6. The summed E-state index contributed by atoms with van der Waals surface area (Å²) in [4.78, 5) is 14.6. The van der Waals surface area contributed by atoms with E-state index in [1.54, 1.807) is 7.11 Å². The smallest absolute Gasteiger partial charge is 0.260 e.